The minimum Gasteiger partial charge on any atom is -0.495 e. The highest BCUT2D eigenvalue weighted by Gasteiger charge is 2.35. The zero-order valence-corrected chi connectivity index (χ0v) is 14.8. The maximum Gasteiger partial charge on any atom is 0.431 e. The van der Waals surface area contributed by atoms with E-state index < -0.39 is 17.8 Å². The number of rotatable bonds is 7. The Balaban J connectivity index is 2.13. The van der Waals surface area contributed by atoms with Crippen LogP contribution in [-0.4, -0.2) is 39.1 Å². The number of carboxylic acids is 1. The summed E-state index contributed by atoms with van der Waals surface area (Å²) in [7, 11) is 1.46. The fourth-order valence-corrected chi connectivity index (χ4v) is 2.79. The molecular weight excluding hydrogens is 377 g/mol. The Bertz CT molecular complexity index is 1000. The molecule has 28 heavy (non-hydrogen) atoms. The zero-order chi connectivity index (χ0) is 20.3. The number of anilines is 1. The van der Waals surface area contributed by atoms with Gasteiger partial charge in [0.15, 0.2) is 0 Å². The van der Waals surface area contributed by atoms with Crippen LogP contribution in [0.15, 0.2) is 36.7 Å². The SMILES string of the molecule is COc1cncc(-c2nc3cccc(C(F)(F)F)n3c2NCCCC(=O)O)c1. The van der Waals surface area contributed by atoms with Gasteiger partial charge in [0.2, 0.25) is 0 Å². The van der Waals surface area contributed by atoms with Gasteiger partial charge in [-0.3, -0.25) is 14.2 Å². The van der Waals surface area contributed by atoms with Crippen molar-refractivity contribution in [2.24, 2.45) is 0 Å². The molecule has 7 nitrogen and oxygen atoms in total. The number of carboxylic acid groups (broad SMARTS) is 1. The first-order valence-corrected chi connectivity index (χ1v) is 8.35. The van der Waals surface area contributed by atoms with E-state index in [1.54, 1.807) is 6.07 Å². The lowest BCUT2D eigenvalue weighted by atomic mass is 10.2. The number of halogens is 3. The Morgan fingerprint density at radius 2 is 2.11 bits per heavy atom. The van der Waals surface area contributed by atoms with Crippen LogP contribution >= 0.6 is 0 Å². The third-order valence-electron chi connectivity index (χ3n) is 4.02. The quantitative estimate of drug-likeness (QED) is 0.594. The summed E-state index contributed by atoms with van der Waals surface area (Å²) in [6.07, 6.45) is -1.51. The average molecular weight is 394 g/mol. The van der Waals surface area contributed by atoms with Crippen molar-refractivity contribution in [2.75, 3.05) is 19.0 Å². The number of alkyl halides is 3. The number of aliphatic carboxylic acids is 1. The molecule has 0 aliphatic rings. The summed E-state index contributed by atoms with van der Waals surface area (Å²) in [5.74, 6) is -0.432. The van der Waals surface area contributed by atoms with E-state index in [4.69, 9.17) is 9.84 Å². The molecule has 0 unspecified atom stereocenters. The van der Waals surface area contributed by atoms with E-state index in [0.717, 1.165) is 10.5 Å². The van der Waals surface area contributed by atoms with Crippen molar-refractivity contribution >= 4 is 17.4 Å². The molecule has 0 aliphatic carbocycles. The Morgan fingerprint density at radius 3 is 2.79 bits per heavy atom. The van der Waals surface area contributed by atoms with Crippen LogP contribution in [0.1, 0.15) is 18.5 Å². The van der Waals surface area contributed by atoms with Crippen LogP contribution < -0.4 is 10.1 Å². The molecule has 0 fully saturated rings. The highest BCUT2D eigenvalue weighted by atomic mass is 19.4. The number of pyridine rings is 2. The standard InChI is InChI=1S/C18H17F3N4O3/c1-28-12-8-11(9-22-10-12)16-17(23-7-3-6-15(26)27)25-13(18(19,20)21)4-2-5-14(25)24-16/h2,4-5,8-10,23H,3,6-7H2,1H3,(H,26,27). The summed E-state index contributed by atoms with van der Waals surface area (Å²) in [6.45, 7) is 0.163. The molecule has 0 aromatic carbocycles. The first-order valence-electron chi connectivity index (χ1n) is 8.35. The average Bonchev–Trinajstić information content (AvgIpc) is 3.03. The fraction of sp³-hybridized carbons (Fsp3) is 0.278. The molecule has 0 saturated heterocycles. The van der Waals surface area contributed by atoms with Gasteiger partial charge in [0.1, 0.15) is 28.6 Å². The van der Waals surface area contributed by atoms with E-state index in [-0.39, 0.29) is 36.5 Å². The molecule has 0 amide bonds. The number of fused-ring (bicyclic) bond motifs is 1. The number of hydrogen-bond donors (Lipinski definition) is 2. The molecule has 2 N–H and O–H groups in total. The molecule has 0 saturated carbocycles. The van der Waals surface area contributed by atoms with Gasteiger partial charge < -0.3 is 15.2 Å². The third kappa shape index (κ3) is 4.00. The van der Waals surface area contributed by atoms with Gasteiger partial charge in [-0.1, -0.05) is 6.07 Å². The highest BCUT2D eigenvalue weighted by Crippen LogP contribution is 2.36. The molecule has 0 atom stereocenters. The summed E-state index contributed by atoms with van der Waals surface area (Å²) in [6, 6.07) is 5.33. The topological polar surface area (TPSA) is 88.8 Å². The number of aromatic nitrogens is 3. The van der Waals surface area contributed by atoms with Crippen molar-refractivity contribution in [3.8, 4) is 17.0 Å². The summed E-state index contributed by atoms with van der Waals surface area (Å²) < 4.78 is 46.7. The molecule has 0 spiro atoms. The predicted octanol–water partition coefficient (Wildman–Crippen LogP) is 3.70. The monoisotopic (exact) mass is 394 g/mol. The number of ether oxygens (including phenoxy) is 1. The molecule has 0 radical (unpaired) electrons. The van der Waals surface area contributed by atoms with Gasteiger partial charge in [0.25, 0.3) is 0 Å². The van der Waals surface area contributed by atoms with Crippen molar-refractivity contribution in [1.82, 2.24) is 14.4 Å². The van der Waals surface area contributed by atoms with Crippen LogP contribution in [0.2, 0.25) is 0 Å². The second kappa shape index (κ2) is 7.75. The van der Waals surface area contributed by atoms with Gasteiger partial charge in [-0.05, 0) is 24.6 Å². The largest absolute Gasteiger partial charge is 0.495 e. The minimum absolute atomic E-state index is 0.105. The van der Waals surface area contributed by atoms with E-state index in [1.807, 2.05) is 0 Å². The Labute approximate surface area is 157 Å². The number of methoxy groups -OCH3 is 1. The van der Waals surface area contributed by atoms with Crippen molar-refractivity contribution in [1.29, 1.82) is 0 Å². The maximum absolute atomic E-state index is 13.5. The Kier molecular flexibility index (Phi) is 5.39. The normalized spacial score (nSPS) is 11.6. The van der Waals surface area contributed by atoms with Crippen molar-refractivity contribution < 1.29 is 27.8 Å². The number of hydrogen-bond acceptors (Lipinski definition) is 5. The van der Waals surface area contributed by atoms with E-state index in [1.165, 1.54) is 31.6 Å². The molecule has 0 aliphatic heterocycles. The smallest absolute Gasteiger partial charge is 0.431 e. The van der Waals surface area contributed by atoms with Gasteiger partial charge in [-0.25, -0.2) is 4.98 Å². The van der Waals surface area contributed by atoms with Crippen LogP contribution in [0.25, 0.3) is 16.9 Å². The summed E-state index contributed by atoms with van der Waals surface area (Å²) in [5.41, 5.74) is -0.0518. The fourth-order valence-electron chi connectivity index (χ4n) is 2.79. The third-order valence-corrected chi connectivity index (χ3v) is 4.02. The van der Waals surface area contributed by atoms with Crippen molar-refractivity contribution in [2.45, 2.75) is 19.0 Å². The predicted molar refractivity (Wildman–Crippen MR) is 95.3 cm³/mol. The van der Waals surface area contributed by atoms with Gasteiger partial charge in [-0.15, -0.1) is 0 Å². The molecule has 3 aromatic heterocycles. The summed E-state index contributed by atoms with van der Waals surface area (Å²) >= 11 is 0. The molecule has 3 heterocycles. The Hall–Kier alpha value is -3.30. The van der Waals surface area contributed by atoms with Crippen LogP contribution in [-0.2, 0) is 11.0 Å². The number of imidazole rings is 1. The zero-order valence-electron chi connectivity index (χ0n) is 14.8. The minimum atomic E-state index is -4.60. The lowest BCUT2D eigenvalue weighted by Crippen LogP contribution is -2.14. The van der Waals surface area contributed by atoms with Gasteiger partial charge in [0, 0.05) is 24.7 Å². The molecule has 3 aromatic rings. The second-order valence-corrected chi connectivity index (χ2v) is 5.95. The van der Waals surface area contributed by atoms with E-state index in [0.29, 0.717) is 11.3 Å². The van der Waals surface area contributed by atoms with Crippen LogP contribution in [0, 0.1) is 0 Å². The second-order valence-electron chi connectivity index (χ2n) is 5.95. The van der Waals surface area contributed by atoms with Crippen molar-refractivity contribution in [3.05, 3.63) is 42.4 Å². The summed E-state index contributed by atoms with van der Waals surface area (Å²) in [5, 5.41) is 11.7. The van der Waals surface area contributed by atoms with Crippen molar-refractivity contribution in [3.63, 3.8) is 0 Å². The van der Waals surface area contributed by atoms with Gasteiger partial charge in [0.05, 0.1) is 13.3 Å². The molecule has 0 bridgehead atoms. The highest BCUT2D eigenvalue weighted by molar-refractivity contribution is 5.77. The first kappa shape index (κ1) is 19.5. The van der Waals surface area contributed by atoms with E-state index >= 15 is 0 Å². The van der Waals surface area contributed by atoms with Gasteiger partial charge in [-0.2, -0.15) is 13.2 Å². The first-order chi connectivity index (χ1) is 13.3. The lowest BCUT2D eigenvalue weighted by molar-refractivity contribution is -0.142. The van der Waals surface area contributed by atoms with E-state index in [2.05, 4.69) is 15.3 Å². The molecule has 3 rings (SSSR count). The van der Waals surface area contributed by atoms with Gasteiger partial charge >= 0.3 is 12.1 Å². The molecule has 10 heteroatoms. The number of carbonyl (C=O) groups is 1. The van der Waals surface area contributed by atoms with Crippen LogP contribution in [0.3, 0.4) is 0 Å². The van der Waals surface area contributed by atoms with Crippen LogP contribution in [0.5, 0.6) is 5.75 Å². The van der Waals surface area contributed by atoms with Crippen LogP contribution in [0.4, 0.5) is 19.0 Å². The van der Waals surface area contributed by atoms with E-state index in [9.17, 15) is 18.0 Å². The molecular formula is C18H17F3N4O3. The number of nitrogens with one attached hydrogen (secondary N) is 1. The summed E-state index contributed by atoms with van der Waals surface area (Å²) in [4.78, 5) is 19.1. The lowest BCUT2D eigenvalue weighted by Gasteiger charge is -2.14. The Morgan fingerprint density at radius 1 is 1.32 bits per heavy atom. The molecule has 148 valence electrons. The maximum atomic E-state index is 13.5. The number of nitrogens with zero attached hydrogens (tertiary/aromatic N) is 3.